The highest BCUT2D eigenvalue weighted by Gasteiger charge is 2.39. The number of carbonyl (C=O) groups excluding carboxylic acids is 1. The summed E-state index contributed by atoms with van der Waals surface area (Å²) in [4.78, 5) is 16.6. The van der Waals surface area contributed by atoms with E-state index in [0.717, 1.165) is 24.1 Å². The van der Waals surface area contributed by atoms with Gasteiger partial charge in [-0.2, -0.15) is 0 Å². The first-order valence-corrected chi connectivity index (χ1v) is 8.08. The third kappa shape index (κ3) is 3.43. The molecule has 4 heteroatoms. The summed E-state index contributed by atoms with van der Waals surface area (Å²) >= 11 is 0. The van der Waals surface area contributed by atoms with Crippen LogP contribution in [0.5, 0.6) is 0 Å². The molecule has 114 valence electrons. The zero-order valence-electron chi connectivity index (χ0n) is 12.7. The number of hydrogen-bond donors (Lipinski definition) is 2. The molecule has 2 aliphatic rings. The Hall–Kier alpha value is -1.42. The molecule has 0 spiro atoms. The zero-order valence-corrected chi connectivity index (χ0v) is 12.7. The van der Waals surface area contributed by atoms with Crippen LogP contribution in [0.1, 0.15) is 43.4 Å². The lowest BCUT2D eigenvalue weighted by atomic mass is 9.67. The molecule has 2 atom stereocenters. The van der Waals surface area contributed by atoms with Crippen LogP contribution in [0, 0.1) is 18.8 Å². The van der Waals surface area contributed by atoms with E-state index in [1.54, 1.807) is 6.20 Å². The Bertz CT molecular complexity index is 485. The molecule has 0 aliphatic heterocycles. The van der Waals surface area contributed by atoms with E-state index < -0.39 is 0 Å². The quantitative estimate of drug-likeness (QED) is 0.893. The van der Waals surface area contributed by atoms with E-state index in [1.807, 2.05) is 19.1 Å². The monoisotopic (exact) mass is 287 g/mol. The fourth-order valence-electron chi connectivity index (χ4n) is 4.05. The minimum atomic E-state index is 0.123. The fraction of sp³-hybridized carbons (Fsp3) is 0.647. The molecule has 2 saturated carbocycles. The lowest BCUT2D eigenvalue weighted by Gasteiger charge is -2.45. The van der Waals surface area contributed by atoms with Crippen molar-refractivity contribution in [1.82, 2.24) is 10.3 Å². The van der Waals surface area contributed by atoms with Crippen LogP contribution in [0.15, 0.2) is 18.3 Å². The average Bonchev–Trinajstić information content (AvgIpc) is 2.42. The number of nitrogens with two attached hydrogens (primary N) is 1. The van der Waals surface area contributed by atoms with Crippen molar-refractivity contribution in [2.24, 2.45) is 17.6 Å². The molecular formula is C17H25N3O. The Morgan fingerprint density at radius 3 is 2.67 bits per heavy atom. The maximum Gasteiger partial charge on any atom is 0.224 e. The van der Waals surface area contributed by atoms with Crippen molar-refractivity contribution in [3.05, 3.63) is 29.6 Å². The van der Waals surface area contributed by atoms with Crippen LogP contribution in [-0.4, -0.2) is 23.0 Å². The summed E-state index contributed by atoms with van der Waals surface area (Å²) in [7, 11) is 0. The lowest BCUT2D eigenvalue weighted by molar-refractivity contribution is -0.122. The molecule has 3 N–H and O–H groups in total. The SMILES string of the molecule is Cc1ccc(CC(=O)NC2C3CCCC2CC(N)C3)cn1. The highest BCUT2D eigenvalue weighted by molar-refractivity contribution is 5.78. The summed E-state index contributed by atoms with van der Waals surface area (Å²) in [6, 6.07) is 4.61. The second-order valence-electron chi connectivity index (χ2n) is 6.76. The minimum Gasteiger partial charge on any atom is -0.353 e. The molecule has 2 bridgehead atoms. The molecule has 0 saturated heterocycles. The smallest absolute Gasteiger partial charge is 0.224 e. The zero-order chi connectivity index (χ0) is 14.8. The summed E-state index contributed by atoms with van der Waals surface area (Å²) in [6.07, 6.45) is 8.06. The fourth-order valence-corrected chi connectivity index (χ4v) is 4.05. The third-order valence-electron chi connectivity index (χ3n) is 5.04. The van der Waals surface area contributed by atoms with Gasteiger partial charge in [0, 0.05) is 24.0 Å². The van der Waals surface area contributed by atoms with Gasteiger partial charge in [0.25, 0.3) is 0 Å². The molecule has 3 rings (SSSR count). The predicted molar refractivity (Wildman–Crippen MR) is 82.6 cm³/mol. The largest absolute Gasteiger partial charge is 0.353 e. The standard InChI is InChI=1S/C17H25N3O/c1-11-5-6-12(10-19-11)7-16(21)20-17-13-3-2-4-14(17)9-15(18)8-13/h5-6,10,13-15,17H,2-4,7-9,18H2,1H3,(H,20,21). The molecule has 1 amide bonds. The number of aryl methyl sites for hydroxylation is 1. The van der Waals surface area contributed by atoms with Crippen LogP contribution >= 0.6 is 0 Å². The van der Waals surface area contributed by atoms with Crippen molar-refractivity contribution in [1.29, 1.82) is 0 Å². The molecule has 4 nitrogen and oxygen atoms in total. The van der Waals surface area contributed by atoms with E-state index in [2.05, 4.69) is 10.3 Å². The van der Waals surface area contributed by atoms with E-state index in [1.165, 1.54) is 19.3 Å². The van der Waals surface area contributed by atoms with Crippen LogP contribution in [0.4, 0.5) is 0 Å². The van der Waals surface area contributed by atoms with Gasteiger partial charge in [0.05, 0.1) is 6.42 Å². The normalized spacial score (nSPS) is 31.7. The van der Waals surface area contributed by atoms with Gasteiger partial charge >= 0.3 is 0 Å². The Balaban J connectivity index is 1.60. The van der Waals surface area contributed by atoms with Crippen molar-refractivity contribution in [3.63, 3.8) is 0 Å². The number of rotatable bonds is 3. The van der Waals surface area contributed by atoms with Gasteiger partial charge in [0.2, 0.25) is 5.91 Å². The van der Waals surface area contributed by atoms with Crippen molar-refractivity contribution in [2.45, 2.75) is 57.5 Å². The van der Waals surface area contributed by atoms with E-state index in [9.17, 15) is 4.79 Å². The van der Waals surface area contributed by atoms with Gasteiger partial charge in [0.1, 0.15) is 0 Å². The van der Waals surface area contributed by atoms with Crippen LogP contribution < -0.4 is 11.1 Å². The van der Waals surface area contributed by atoms with E-state index in [0.29, 0.717) is 30.3 Å². The molecule has 2 fully saturated rings. The molecule has 2 unspecified atom stereocenters. The van der Waals surface area contributed by atoms with Crippen molar-refractivity contribution < 1.29 is 4.79 Å². The van der Waals surface area contributed by atoms with Gasteiger partial charge in [-0.1, -0.05) is 12.5 Å². The van der Waals surface area contributed by atoms with Crippen LogP contribution in [0.3, 0.4) is 0 Å². The first kappa shape index (κ1) is 14.5. The van der Waals surface area contributed by atoms with Crippen LogP contribution in [-0.2, 0) is 11.2 Å². The van der Waals surface area contributed by atoms with E-state index in [-0.39, 0.29) is 5.91 Å². The summed E-state index contributed by atoms with van der Waals surface area (Å²) in [6.45, 7) is 1.95. The number of nitrogens with zero attached hydrogens (tertiary/aromatic N) is 1. The molecule has 1 heterocycles. The van der Waals surface area contributed by atoms with Gasteiger partial charge in [0.15, 0.2) is 0 Å². The molecule has 0 radical (unpaired) electrons. The maximum absolute atomic E-state index is 12.3. The second kappa shape index (κ2) is 6.14. The number of carbonyl (C=O) groups is 1. The highest BCUT2D eigenvalue weighted by atomic mass is 16.1. The molecule has 2 aliphatic carbocycles. The van der Waals surface area contributed by atoms with Crippen molar-refractivity contribution in [3.8, 4) is 0 Å². The summed E-state index contributed by atoms with van der Waals surface area (Å²) in [5.41, 5.74) is 8.10. The maximum atomic E-state index is 12.3. The number of amides is 1. The van der Waals surface area contributed by atoms with Gasteiger partial charge in [-0.05, 0) is 56.1 Å². The lowest BCUT2D eigenvalue weighted by Crippen LogP contribution is -2.54. The Kier molecular flexibility index (Phi) is 4.24. The van der Waals surface area contributed by atoms with E-state index >= 15 is 0 Å². The van der Waals surface area contributed by atoms with E-state index in [4.69, 9.17) is 5.73 Å². The van der Waals surface area contributed by atoms with Gasteiger partial charge in [-0.25, -0.2) is 0 Å². The first-order valence-electron chi connectivity index (χ1n) is 8.08. The Morgan fingerprint density at radius 2 is 2.05 bits per heavy atom. The summed E-state index contributed by atoms with van der Waals surface area (Å²) < 4.78 is 0. The first-order chi connectivity index (χ1) is 10.1. The van der Waals surface area contributed by atoms with Crippen molar-refractivity contribution in [2.75, 3.05) is 0 Å². The molecule has 1 aromatic heterocycles. The molecular weight excluding hydrogens is 262 g/mol. The summed E-state index contributed by atoms with van der Waals surface area (Å²) in [5.74, 6) is 1.28. The Morgan fingerprint density at radius 1 is 1.33 bits per heavy atom. The average molecular weight is 287 g/mol. The highest BCUT2D eigenvalue weighted by Crippen LogP contribution is 2.39. The number of pyridine rings is 1. The number of fused-ring (bicyclic) bond motifs is 2. The van der Waals surface area contributed by atoms with Gasteiger partial charge < -0.3 is 11.1 Å². The van der Waals surface area contributed by atoms with Crippen molar-refractivity contribution >= 4 is 5.91 Å². The number of nitrogens with one attached hydrogen (secondary N) is 1. The molecule has 0 aromatic carbocycles. The molecule has 21 heavy (non-hydrogen) atoms. The third-order valence-corrected chi connectivity index (χ3v) is 5.04. The predicted octanol–water partition coefficient (Wildman–Crippen LogP) is 1.95. The second-order valence-corrected chi connectivity index (χ2v) is 6.76. The summed E-state index contributed by atoms with van der Waals surface area (Å²) in [5, 5.41) is 3.28. The van der Waals surface area contributed by atoms with Gasteiger partial charge in [-0.3, -0.25) is 9.78 Å². The minimum absolute atomic E-state index is 0.123. The van der Waals surface area contributed by atoms with Crippen LogP contribution in [0.25, 0.3) is 0 Å². The van der Waals surface area contributed by atoms with Gasteiger partial charge in [-0.15, -0.1) is 0 Å². The molecule has 1 aromatic rings. The van der Waals surface area contributed by atoms with Crippen LogP contribution in [0.2, 0.25) is 0 Å². The number of hydrogen-bond acceptors (Lipinski definition) is 3. The Labute approximate surface area is 126 Å². The topological polar surface area (TPSA) is 68.0 Å². The number of aromatic nitrogens is 1.